The quantitative estimate of drug-likeness (QED) is 0.194. The highest BCUT2D eigenvalue weighted by Gasteiger charge is 2.16. The van der Waals surface area contributed by atoms with Crippen molar-refractivity contribution in [2.45, 2.75) is 18.3 Å². The average Bonchev–Trinajstić information content (AvgIpc) is 3.27. The minimum absolute atomic E-state index is 0.00227. The van der Waals surface area contributed by atoms with Crippen molar-refractivity contribution in [1.29, 1.82) is 0 Å². The molecule has 0 atom stereocenters. The van der Waals surface area contributed by atoms with Gasteiger partial charge in [0.15, 0.2) is 16.8 Å². The number of aromatic nitrogens is 3. The van der Waals surface area contributed by atoms with Crippen molar-refractivity contribution in [2.24, 2.45) is 0 Å². The van der Waals surface area contributed by atoms with Crippen LogP contribution in [0.1, 0.15) is 16.2 Å². The molecule has 0 unspecified atom stereocenters. The zero-order valence-corrected chi connectivity index (χ0v) is 20.3. The third-order valence-corrected chi connectivity index (χ3v) is 6.36. The van der Waals surface area contributed by atoms with Gasteiger partial charge in [-0.1, -0.05) is 71.9 Å². The summed E-state index contributed by atoms with van der Waals surface area (Å²) >= 11 is 7.26. The van der Waals surface area contributed by atoms with E-state index in [4.69, 9.17) is 21.1 Å². The number of hydrogen-bond donors (Lipinski definition) is 0. The third kappa shape index (κ3) is 6.05. The van der Waals surface area contributed by atoms with Crippen LogP contribution in [0, 0.1) is 0 Å². The zero-order valence-electron chi connectivity index (χ0n) is 18.7. The lowest BCUT2D eigenvalue weighted by Gasteiger charge is -2.13. The lowest BCUT2D eigenvalue weighted by molar-refractivity contribution is 0.102. The molecule has 8 heteroatoms. The van der Waals surface area contributed by atoms with Gasteiger partial charge in [-0.2, -0.15) is 0 Å². The number of para-hydroxylation sites is 1. The zero-order chi connectivity index (χ0) is 23.8. The molecule has 3 aromatic carbocycles. The Morgan fingerprint density at radius 3 is 2.47 bits per heavy atom. The average molecular weight is 494 g/mol. The standard InChI is InChI=1S/C26H24ClN3O3S/c1-32-16-15-30-25(17-33-24-10-6-5-9-22(24)19-7-3-2-4-8-19)28-29-26(30)34-18-23(31)20-11-13-21(27)14-12-20/h2-14H,15-18H2,1H3. The SMILES string of the molecule is COCCn1c(COc2ccccc2-c2ccccc2)nnc1SCC(=O)c1ccc(Cl)cc1. The van der Waals surface area contributed by atoms with Crippen LogP contribution in [0.5, 0.6) is 5.75 Å². The van der Waals surface area contributed by atoms with Crippen LogP contribution in [0.4, 0.5) is 0 Å². The topological polar surface area (TPSA) is 66.2 Å². The smallest absolute Gasteiger partial charge is 0.191 e. The van der Waals surface area contributed by atoms with Crippen LogP contribution in [-0.2, 0) is 17.9 Å². The van der Waals surface area contributed by atoms with E-state index in [2.05, 4.69) is 22.3 Å². The van der Waals surface area contributed by atoms with Gasteiger partial charge in [-0.3, -0.25) is 4.79 Å². The molecule has 0 N–H and O–H groups in total. The Labute approximate surface area is 207 Å². The number of benzene rings is 3. The third-order valence-electron chi connectivity index (χ3n) is 5.14. The first-order valence-electron chi connectivity index (χ1n) is 10.8. The van der Waals surface area contributed by atoms with Gasteiger partial charge in [0.2, 0.25) is 0 Å². The van der Waals surface area contributed by atoms with E-state index in [-0.39, 0.29) is 18.1 Å². The summed E-state index contributed by atoms with van der Waals surface area (Å²) in [4.78, 5) is 12.6. The lowest BCUT2D eigenvalue weighted by atomic mass is 10.1. The van der Waals surface area contributed by atoms with Gasteiger partial charge in [-0.25, -0.2) is 0 Å². The summed E-state index contributed by atoms with van der Waals surface area (Å²) in [6.45, 7) is 1.29. The number of hydrogen-bond acceptors (Lipinski definition) is 6. The Morgan fingerprint density at radius 2 is 1.71 bits per heavy atom. The maximum absolute atomic E-state index is 12.6. The molecule has 0 radical (unpaired) electrons. The van der Waals surface area contributed by atoms with E-state index < -0.39 is 0 Å². The summed E-state index contributed by atoms with van der Waals surface area (Å²) in [6, 6.07) is 24.9. The normalized spacial score (nSPS) is 10.9. The number of carbonyl (C=O) groups is 1. The number of rotatable bonds is 11. The monoisotopic (exact) mass is 493 g/mol. The van der Waals surface area contributed by atoms with Crippen molar-refractivity contribution < 1.29 is 14.3 Å². The lowest BCUT2D eigenvalue weighted by Crippen LogP contribution is -2.12. The van der Waals surface area contributed by atoms with Gasteiger partial charge < -0.3 is 14.0 Å². The van der Waals surface area contributed by atoms with E-state index in [1.165, 1.54) is 11.8 Å². The minimum Gasteiger partial charge on any atom is -0.485 e. The number of ether oxygens (including phenoxy) is 2. The first kappa shape index (κ1) is 24.0. The van der Waals surface area contributed by atoms with Crippen molar-refractivity contribution >= 4 is 29.1 Å². The largest absolute Gasteiger partial charge is 0.485 e. The molecule has 174 valence electrons. The van der Waals surface area contributed by atoms with Crippen LogP contribution < -0.4 is 4.74 Å². The molecular formula is C26H24ClN3O3S. The molecule has 0 saturated carbocycles. The van der Waals surface area contributed by atoms with Gasteiger partial charge >= 0.3 is 0 Å². The summed E-state index contributed by atoms with van der Waals surface area (Å²) < 4.78 is 13.4. The van der Waals surface area contributed by atoms with Gasteiger partial charge in [-0.05, 0) is 35.9 Å². The molecule has 0 aliphatic heterocycles. The van der Waals surface area contributed by atoms with E-state index in [0.29, 0.717) is 34.7 Å². The summed E-state index contributed by atoms with van der Waals surface area (Å²) in [5, 5.41) is 9.89. The molecular weight excluding hydrogens is 470 g/mol. The molecule has 0 spiro atoms. The van der Waals surface area contributed by atoms with Crippen LogP contribution >= 0.6 is 23.4 Å². The summed E-state index contributed by atoms with van der Waals surface area (Å²) in [5.74, 6) is 1.67. The molecule has 4 aromatic rings. The Morgan fingerprint density at radius 1 is 0.971 bits per heavy atom. The van der Waals surface area contributed by atoms with Gasteiger partial charge in [-0.15, -0.1) is 10.2 Å². The van der Waals surface area contributed by atoms with Crippen molar-refractivity contribution in [2.75, 3.05) is 19.5 Å². The van der Waals surface area contributed by atoms with Gasteiger partial charge in [0.05, 0.1) is 12.4 Å². The first-order chi connectivity index (χ1) is 16.7. The summed E-state index contributed by atoms with van der Waals surface area (Å²) in [7, 11) is 1.65. The number of Topliss-reactive ketones (excluding diaryl/α,β-unsaturated/α-hetero) is 1. The fourth-order valence-electron chi connectivity index (χ4n) is 3.38. The molecule has 0 saturated heterocycles. The van der Waals surface area contributed by atoms with Gasteiger partial charge in [0.25, 0.3) is 0 Å². The molecule has 6 nitrogen and oxygen atoms in total. The number of halogens is 1. The maximum Gasteiger partial charge on any atom is 0.191 e. The van der Waals surface area contributed by atoms with E-state index in [0.717, 1.165) is 16.9 Å². The molecule has 0 amide bonds. The van der Waals surface area contributed by atoms with Crippen LogP contribution in [0.2, 0.25) is 5.02 Å². The van der Waals surface area contributed by atoms with Crippen molar-refractivity contribution in [3.8, 4) is 16.9 Å². The number of nitrogens with zero attached hydrogens (tertiary/aromatic N) is 3. The molecule has 4 rings (SSSR count). The molecule has 0 aliphatic carbocycles. The van der Waals surface area contributed by atoms with E-state index in [1.54, 1.807) is 31.4 Å². The Kier molecular flexibility index (Phi) is 8.36. The molecule has 0 aliphatic rings. The number of methoxy groups -OCH3 is 1. The molecule has 0 fully saturated rings. The fourth-order valence-corrected chi connectivity index (χ4v) is 4.38. The van der Waals surface area contributed by atoms with Crippen molar-refractivity contribution in [1.82, 2.24) is 14.8 Å². The van der Waals surface area contributed by atoms with Gasteiger partial charge in [0, 0.05) is 29.8 Å². The molecule has 1 heterocycles. The van der Waals surface area contributed by atoms with Crippen LogP contribution in [0.3, 0.4) is 0 Å². The summed E-state index contributed by atoms with van der Waals surface area (Å²) in [6.07, 6.45) is 0. The molecule has 34 heavy (non-hydrogen) atoms. The maximum atomic E-state index is 12.6. The van der Waals surface area contributed by atoms with Gasteiger partial charge in [0.1, 0.15) is 12.4 Å². The second-order valence-corrected chi connectivity index (χ2v) is 8.79. The van der Waals surface area contributed by atoms with Crippen LogP contribution in [0.15, 0.2) is 84.0 Å². The second kappa shape index (κ2) is 11.8. The highest BCUT2D eigenvalue weighted by molar-refractivity contribution is 7.99. The Balaban J connectivity index is 1.48. The highest BCUT2D eigenvalue weighted by Crippen LogP contribution is 2.30. The summed E-state index contributed by atoms with van der Waals surface area (Å²) in [5.41, 5.74) is 2.70. The molecule has 1 aromatic heterocycles. The number of thioether (sulfide) groups is 1. The minimum atomic E-state index is -0.00227. The van der Waals surface area contributed by atoms with Crippen LogP contribution in [-0.4, -0.2) is 40.0 Å². The first-order valence-corrected chi connectivity index (χ1v) is 12.1. The van der Waals surface area contributed by atoms with Crippen LogP contribution in [0.25, 0.3) is 11.1 Å². The van der Waals surface area contributed by atoms with E-state index in [9.17, 15) is 4.79 Å². The Bertz CT molecular complexity index is 1230. The Hall–Kier alpha value is -3.13. The van der Waals surface area contributed by atoms with E-state index >= 15 is 0 Å². The van der Waals surface area contributed by atoms with Crippen molar-refractivity contribution in [3.63, 3.8) is 0 Å². The van der Waals surface area contributed by atoms with E-state index in [1.807, 2.05) is 47.0 Å². The van der Waals surface area contributed by atoms with Crippen molar-refractivity contribution in [3.05, 3.63) is 95.3 Å². The predicted octanol–water partition coefficient (Wildman–Crippen LogP) is 5.80. The predicted molar refractivity (Wildman–Crippen MR) is 135 cm³/mol. The molecule has 0 bridgehead atoms. The second-order valence-electron chi connectivity index (χ2n) is 7.41. The fraction of sp³-hybridized carbons (Fsp3) is 0.192. The number of carbonyl (C=O) groups excluding carboxylic acids is 1. The highest BCUT2D eigenvalue weighted by atomic mass is 35.5. The number of ketones is 1.